The van der Waals surface area contributed by atoms with Crippen LogP contribution in [0.4, 0.5) is 23.4 Å². The summed E-state index contributed by atoms with van der Waals surface area (Å²) < 4.78 is 53.6. The number of nitrogens with one attached hydrogen (secondary N) is 1. The van der Waals surface area contributed by atoms with Crippen molar-refractivity contribution in [1.82, 2.24) is 19.6 Å². The molecule has 0 aliphatic heterocycles. The molecule has 0 amide bonds. The van der Waals surface area contributed by atoms with Crippen LogP contribution in [-0.4, -0.2) is 35.8 Å². The van der Waals surface area contributed by atoms with E-state index in [0.717, 1.165) is 0 Å². The number of alkyl halides is 4. The van der Waals surface area contributed by atoms with Crippen LogP contribution in [0.3, 0.4) is 0 Å². The van der Waals surface area contributed by atoms with Crippen LogP contribution in [0, 0.1) is 0 Å². The molecule has 2 aromatic heterocycles. The molecule has 11 heteroatoms. The van der Waals surface area contributed by atoms with E-state index in [2.05, 4.69) is 20.4 Å². The van der Waals surface area contributed by atoms with Gasteiger partial charge in [-0.25, -0.2) is 9.37 Å². The van der Waals surface area contributed by atoms with Gasteiger partial charge in [0.25, 0.3) is 5.78 Å². The van der Waals surface area contributed by atoms with Crippen molar-refractivity contribution in [3.8, 4) is 0 Å². The van der Waals surface area contributed by atoms with Gasteiger partial charge in [-0.1, -0.05) is 12.1 Å². The summed E-state index contributed by atoms with van der Waals surface area (Å²) in [6.07, 6.45) is 1.27. The average Bonchev–Trinajstić information content (AvgIpc) is 3.06. The number of anilines is 1. The molecule has 30 heavy (non-hydrogen) atoms. The number of nitrogens with zero attached hydrogens (tertiary/aromatic N) is 4. The molecule has 0 radical (unpaired) electrons. The molecule has 0 saturated heterocycles. The van der Waals surface area contributed by atoms with Crippen molar-refractivity contribution in [1.29, 1.82) is 0 Å². The Morgan fingerprint density at radius 1 is 1.07 bits per heavy atom. The highest BCUT2D eigenvalue weighted by atomic mass is 32.2. The molecule has 0 aliphatic rings. The van der Waals surface area contributed by atoms with Crippen molar-refractivity contribution in [3.05, 3.63) is 47.9 Å². The molecular weight excluding hydrogens is 422 g/mol. The van der Waals surface area contributed by atoms with Crippen LogP contribution in [0.25, 0.3) is 5.78 Å². The van der Waals surface area contributed by atoms with Gasteiger partial charge in [-0.2, -0.15) is 27.8 Å². The summed E-state index contributed by atoms with van der Waals surface area (Å²) in [5.74, 6) is 0.506. The van der Waals surface area contributed by atoms with Crippen LogP contribution in [0.15, 0.2) is 41.6 Å². The summed E-state index contributed by atoms with van der Waals surface area (Å²) in [6.45, 7) is 5.83. The predicted octanol–water partition coefficient (Wildman–Crippen LogP) is 4.86. The van der Waals surface area contributed by atoms with Gasteiger partial charge in [-0.15, -0.1) is 0 Å². The van der Waals surface area contributed by atoms with Gasteiger partial charge in [-0.05, 0) is 57.2 Å². The Labute approximate surface area is 174 Å². The second-order valence-corrected chi connectivity index (χ2v) is 8.96. The lowest BCUT2D eigenvalue weighted by Crippen LogP contribution is -2.35. The van der Waals surface area contributed by atoms with Crippen LogP contribution in [0.5, 0.6) is 0 Å². The Bertz CT molecular complexity index is 1020. The fourth-order valence-electron chi connectivity index (χ4n) is 2.90. The summed E-state index contributed by atoms with van der Waals surface area (Å²) in [6, 6.07) is 6.40. The molecule has 0 fully saturated rings. The van der Waals surface area contributed by atoms with Crippen molar-refractivity contribution >= 4 is 23.4 Å². The number of hydrogen-bond donors (Lipinski definition) is 2. The lowest BCUT2D eigenvalue weighted by molar-refractivity contribution is -0.0328. The van der Waals surface area contributed by atoms with Crippen LogP contribution in [-0.2, 0) is 5.67 Å². The van der Waals surface area contributed by atoms with Gasteiger partial charge in [0, 0.05) is 11.0 Å². The maximum atomic E-state index is 14.5. The first kappa shape index (κ1) is 22.3. The van der Waals surface area contributed by atoms with Gasteiger partial charge in [0.15, 0.2) is 0 Å². The summed E-state index contributed by atoms with van der Waals surface area (Å²) in [5, 5.41) is 17.9. The molecule has 1 unspecified atom stereocenters. The van der Waals surface area contributed by atoms with Crippen LogP contribution in [0.1, 0.15) is 45.0 Å². The van der Waals surface area contributed by atoms with E-state index < -0.39 is 22.8 Å². The smallest absolute Gasteiger partial charge is 0.388 e. The Balaban J connectivity index is 2.00. The highest BCUT2D eigenvalue weighted by molar-refractivity contribution is 8.00. The lowest BCUT2D eigenvalue weighted by Gasteiger charge is -2.32. The monoisotopic (exact) mass is 443 g/mol. The summed E-state index contributed by atoms with van der Waals surface area (Å²) >= 11 is -0.215. The Hall–Kier alpha value is -2.40. The lowest BCUT2D eigenvalue weighted by atomic mass is 9.92. The predicted molar refractivity (Wildman–Crippen MR) is 106 cm³/mol. The van der Waals surface area contributed by atoms with Gasteiger partial charge in [0.05, 0.1) is 17.3 Å². The molecule has 1 aromatic carbocycles. The minimum Gasteiger partial charge on any atom is -0.388 e. The first-order valence-electron chi connectivity index (χ1n) is 8.99. The standard InChI is InChI=1S/C19H21F4N5OS/c1-17(2,20)13-9-14(28-16(26-13)24-10-25-28)27-15(18(3,4)29)11-5-7-12(8-6-11)30-19(21,22)23/h5-10,15,27,29H,1-4H3. The first-order valence-corrected chi connectivity index (χ1v) is 9.80. The molecule has 0 aliphatic carbocycles. The number of thioether (sulfide) groups is 1. The van der Waals surface area contributed by atoms with E-state index >= 15 is 0 Å². The fraction of sp³-hybridized carbons (Fsp3) is 0.421. The highest BCUT2D eigenvalue weighted by Gasteiger charge is 2.32. The van der Waals surface area contributed by atoms with Crippen molar-refractivity contribution < 1.29 is 22.7 Å². The van der Waals surface area contributed by atoms with E-state index in [0.29, 0.717) is 11.4 Å². The molecule has 2 heterocycles. The van der Waals surface area contributed by atoms with E-state index in [1.165, 1.54) is 55.0 Å². The number of halogens is 4. The van der Waals surface area contributed by atoms with Crippen LogP contribution in [0.2, 0.25) is 0 Å². The summed E-state index contributed by atoms with van der Waals surface area (Å²) in [4.78, 5) is 8.19. The maximum Gasteiger partial charge on any atom is 0.446 e. The first-order chi connectivity index (χ1) is 13.7. The second kappa shape index (κ2) is 7.69. The number of fused-ring (bicyclic) bond motifs is 1. The molecule has 6 nitrogen and oxygen atoms in total. The molecule has 3 rings (SSSR count). The topological polar surface area (TPSA) is 75.3 Å². The number of aromatic nitrogens is 4. The molecule has 3 aromatic rings. The van der Waals surface area contributed by atoms with Crippen LogP contribution < -0.4 is 5.32 Å². The van der Waals surface area contributed by atoms with Crippen molar-refractivity contribution in [2.24, 2.45) is 0 Å². The van der Waals surface area contributed by atoms with E-state index in [4.69, 9.17) is 0 Å². The number of aliphatic hydroxyl groups is 1. The van der Waals surface area contributed by atoms with Gasteiger partial charge in [0.1, 0.15) is 17.8 Å². The van der Waals surface area contributed by atoms with Crippen LogP contribution >= 0.6 is 11.8 Å². The minimum absolute atomic E-state index is 0.0322. The largest absolute Gasteiger partial charge is 0.446 e. The van der Waals surface area contributed by atoms with Crippen molar-refractivity contribution in [2.45, 2.75) is 55.4 Å². The van der Waals surface area contributed by atoms with Gasteiger partial charge in [-0.3, -0.25) is 0 Å². The SMILES string of the molecule is CC(C)(F)c1cc(NC(c2ccc(SC(F)(F)F)cc2)C(C)(C)O)n2ncnc2n1. The highest BCUT2D eigenvalue weighted by Crippen LogP contribution is 2.38. The molecule has 0 bridgehead atoms. The quantitative estimate of drug-likeness (QED) is 0.418. The molecule has 0 spiro atoms. The Morgan fingerprint density at radius 3 is 2.23 bits per heavy atom. The zero-order valence-electron chi connectivity index (χ0n) is 16.7. The Kier molecular flexibility index (Phi) is 5.72. The van der Waals surface area contributed by atoms with E-state index in [9.17, 15) is 22.7 Å². The fourth-order valence-corrected chi connectivity index (χ4v) is 3.44. The zero-order chi connectivity index (χ0) is 22.3. The molecular formula is C19H21F4N5OS. The molecule has 162 valence electrons. The molecule has 2 N–H and O–H groups in total. The number of hydrogen-bond acceptors (Lipinski definition) is 6. The van der Waals surface area contributed by atoms with Crippen molar-refractivity contribution in [2.75, 3.05) is 5.32 Å². The molecule has 0 saturated carbocycles. The van der Waals surface area contributed by atoms with E-state index in [1.54, 1.807) is 13.8 Å². The maximum absolute atomic E-state index is 14.5. The summed E-state index contributed by atoms with van der Waals surface area (Å²) in [5.41, 5.74) is -6.79. The third kappa shape index (κ3) is 5.20. The second-order valence-electron chi connectivity index (χ2n) is 7.82. The third-order valence-corrected chi connectivity index (χ3v) is 5.05. The van der Waals surface area contributed by atoms with Crippen molar-refractivity contribution in [3.63, 3.8) is 0 Å². The average molecular weight is 443 g/mol. The third-order valence-electron chi connectivity index (χ3n) is 4.31. The Morgan fingerprint density at radius 2 is 1.70 bits per heavy atom. The van der Waals surface area contributed by atoms with Gasteiger partial charge in [0.2, 0.25) is 0 Å². The zero-order valence-corrected chi connectivity index (χ0v) is 17.5. The van der Waals surface area contributed by atoms with E-state index in [-0.39, 0.29) is 28.1 Å². The number of benzene rings is 1. The number of rotatable bonds is 6. The minimum atomic E-state index is -4.39. The van der Waals surface area contributed by atoms with E-state index in [1.807, 2.05) is 0 Å². The normalized spacial score (nSPS) is 14.2. The summed E-state index contributed by atoms with van der Waals surface area (Å²) in [7, 11) is 0. The van der Waals surface area contributed by atoms with Gasteiger partial charge < -0.3 is 10.4 Å². The van der Waals surface area contributed by atoms with Gasteiger partial charge >= 0.3 is 5.51 Å². The molecule has 1 atom stereocenters.